The largest absolute Gasteiger partial charge is 0.573 e. The maximum atomic E-state index is 12.6. The van der Waals surface area contributed by atoms with Crippen molar-refractivity contribution in [3.05, 3.63) is 53.6 Å². The third kappa shape index (κ3) is 6.87. The molecule has 0 saturated carbocycles. The molecule has 1 aromatic heterocycles. The number of hydrogen-bond donors (Lipinski definition) is 4. The lowest BCUT2D eigenvalue weighted by Crippen LogP contribution is -2.30. The van der Waals surface area contributed by atoms with Gasteiger partial charge in [-0.2, -0.15) is 4.98 Å². The first-order valence-corrected chi connectivity index (χ1v) is 10.3. The summed E-state index contributed by atoms with van der Waals surface area (Å²) >= 11 is 6.00. The number of aliphatic hydroxyl groups excluding tert-OH is 1. The molecule has 3 rings (SSSR count). The van der Waals surface area contributed by atoms with Crippen LogP contribution in [-0.4, -0.2) is 39.2 Å². The standard InChI is InChI=1S/C22H22ClF3N4O3/c1-12(2)18(11-31)29-21-28-16(13-4-3-5-15(8-13)33-22(24,25)26)10-20(30-21)27-17-9-14(23)6-7-19(17)32/h3-10,12,18,31-32H,11H2,1-2H3,(H2,27,28,29,30)/t18-/m0/s1. The van der Waals surface area contributed by atoms with Gasteiger partial charge in [0.1, 0.15) is 17.3 Å². The van der Waals surface area contributed by atoms with E-state index >= 15 is 0 Å². The topological polar surface area (TPSA) is 99.5 Å². The summed E-state index contributed by atoms with van der Waals surface area (Å²) in [7, 11) is 0. The van der Waals surface area contributed by atoms with Crippen LogP contribution in [0.25, 0.3) is 11.3 Å². The lowest BCUT2D eigenvalue weighted by Gasteiger charge is -2.21. The van der Waals surface area contributed by atoms with Gasteiger partial charge in [0.2, 0.25) is 5.95 Å². The summed E-state index contributed by atoms with van der Waals surface area (Å²) in [5, 5.41) is 26.1. The average Bonchev–Trinajstić information content (AvgIpc) is 2.73. The Hall–Kier alpha value is -3.24. The molecule has 0 aliphatic carbocycles. The van der Waals surface area contributed by atoms with Crippen molar-refractivity contribution in [2.75, 3.05) is 17.2 Å². The molecular formula is C22H22ClF3N4O3. The minimum atomic E-state index is -4.83. The Morgan fingerprint density at radius 3 is 2.52 bits per heavy atom. The third-order valence-corrected chi connectivity index (χ3v) is 4.86. The van der Waals surface area contributed by atoms with Crippen LogP contribution in [0.4, 0.5) is 30.6 Å². The van der Waals surface area contributed by atoms with E-state index < -0.39 is 12.1 Å². The van der Waals surface area contributed by atoms with Crippen LogP contribution in [0.5, 0.6) is 11.5 Å². The van der Waals surface area contributed by atoms with Crippen LogP contribution >= 0.6 is 11.6 Å². The number of hydrogen-bond acceptors (Lipinski definition) is 7. The predicted octanol–water partition coefficient (Wildman–Crippen LogP) is 5.57. The Morgan fingerprint density at radius 2 is 1.85 bits per heavy atom. The van der Waals surface area contributed by atoms with Gasteiger partial charge < -0.3 is 25.6 Å². The zero-order valence-electron chi connectivity index (χ0n) is 17.7. The lowest BCUT2D eigenvalue weighted by molar-refractivity contribution is -0.274. The normalized spacial score (nSPS) is 12.5. The van der Waals surface area contributed by atoms with E-state index in [-0.39, 0.29) is 47.5 Å². The molecule has 0 radical (unpaired) electrons. The summed E-state index contributed by atoms with van der Waals surface area (Å²) in [5.74, 6) is -0.0659. The first kappa shape index (κ1) is 24.4. The summed E-state index contributed by atoms with van der Waals surface area (Å²) in [6.45, 7) is 3.62. The number of alkyl halides is 3. The maximum absolute atomic E-state index is 12.6. The first-order chi connectivity index (χ1) is 15.5. The molecule has 176 valence electrons. The fraction of sp³-hybridized carbons (Fsp3) is 0.273. The number of aliphatic hydroxyl groups is 1. The molecule has 0 saturated heterocycles. The van der Waals surface area contributed by atoms with E-state index in [9.17, 15) is 23.4 Å². The van der Waals surface area contributed by atoms with Crippen LogP contribution in [-0.2, 0) is 0 Å². The first-order valence-electron chi connectivity index (χ1n) is 9.92. The van der Waals surface area contributed by atoms with Gasteiger partial charge in [0.25, 0.3) is 0 Å². The second-order valence-electron chi connectivity index (χ2n) is 7.50. The quantitative estimate of drug-likeness (QED) is 0.311. The number of phenolic OH excluding ortho intramolecular Hbond substituents is 1. The number of aromatic nitrogens is 2. The SMILES string of the molecule is CC(C)[C@H](CO)Nc1nc(Nc2cc(Cl)ccc2O)cc(-c2cccc(OC(F)(F)F)c2)n1. The van der Waals surface area contributed by atoms with Gasteiger partial charge in [-0.15, -0.1) is 13.2 Å². The van der Waals surface area contributed by atoms with Crippen LogP contribution in [0.3, 0.4) is 0 Å². The number of rotatable bonds is 8. The fourth-order valence-corrected chi connectivity index (χ4v) is 3.08. The van der Waals surface area contributed by atoms with Crippen LogP contribution in [0.1, 0.15) is 13.8 Å². The predicted molar refractivity (Wildman–Crippen MR) is 120 cm³/mol. The molecule has 0 aliphatic heterocycles. The van der Waals surface area contributed by atoms with E-state index in [0.29, 0.717) is 10.6 Å². The Kier molecular flexibility index (Phi) is 7.50. The molecule has 0 unspecified atom stereocenters. The Balaban J connectivity index is 2.03. The van der Waals surface area contributed by atoms with Crippen molar-refractivity contribution in [2.24, 2.45) is 5.92 Å². The van der Waals surface area contributed by atoms with Gasteiger partial charge in [-0.25, -0.2) is 4.98 Å². The average molecular weight is 483 g/mol. The molecule has 4 N–H and O–H groups in total. The van der Waals surface area contributed by atoms with E-state index in [4.69, 9.17) is 11.6 Å². The molecule has 0 spiro atoms. The van der Waals surface area contributed by atoms with Gasteiger partial charge in [-0.1, -0.05) is 37.6 Å². The van der Waals surface area contributed by atoms with E-state index in [1.807, 2.05) is 13.8 Å². The van der Waals surface area contributed by atoms with Crippen LogP contribution < -0.4 is 15.4 Å². The summed E-state index contributed by atoms with van der Waals surface area (Å²) in [4.78, 5) is 8.76. The highest BCUT2D eigenvalue weighted by atomic mass is 35.5. The van der Waals surface area contributed by atoms with E-state index in [1.165, 1.54) is 42.5 Å². The van der Waals surface area contributed by atoms with Crippen molar-refractivity contribution in [1.82, 2.24) is 9.97 Å². The molecule has 1 atom stereocenters. The van der Waals surface area contributed by atoms with Crippen molar-refractivity contribution in [3.63, 3.8) is 0 Å². The maximum Gasteiger partial charge on any atom is 0.573 e. The highest BCUT2D eigenvalue weighted by molar-refractivity contribution is 6.31. The van der Waals surface area contributed by atoms with Gasteiger partial charge in [-0.05, 0) is 36.2 Å². The van der Waals surface area contributed by atoms with Crippen molar-refractivity contribution in [2.45, 2.75) is 26.3 Å². The molecule has 0 fully saturated rings. The zero-order chi connectivity index (χ0) is 24.2. The number of nitrogens with one attached hydrogen (secondary N) is 2. The van der Waals surface area contributed by atoms with E-state index in [2.05, 4.69) is 25.3 Å². The van der Waals surface area contributed by atoms with Crippen molar-refractivity contribution >= 4 is 29.1 Å². The Morgan fingerprint density at radius 1 is 1.09 bits per heavy atom. The smallest absolute Gasteiger partial charge is 0.506 e. The van der Waals surface area contributed by atoms with Gasteiger partial charge in [-0.3, -0.25) is 0 Å². The second kappa shape index (κ2) is 10.1. The van der Waals surface area contributed by atoms with Crippen LogP contribution in [0.15, 0.2) is 48.5 Å². The van der Waals surface area contributed by atoms with Crippen molar-refractivity contribution in [1.29, 1.82) is 0 Å². The summed E-state index contributed by atoms with van der Waals surface area (Å²) < 4.78 is 42.0. The zero-order valence-corrected chi connectivity index (χ0v) is 18.4. The highest BCUT2D eigenvalue weighted by Crippen LogP contribution is 2.32. The lowest BCUT2D eigenvalue weighted by atomic mass is 10.1. The number of benzene rings is 2. The van der Waals surface area contributed by atoms with Gasteiger partial charge in [0, 0.05) is 16.7 Å². The van der Waals surface area contributed by atoms with Crippen molar-refractivity contribution < 1.29 is 28.1 Å². The number of anilines is 3. The van der Waals surface area contributed by atoms with Crippen LogP contribution in [0.2, 0.25) is 5.02 Å². The number of phenols is 1. The molecule has 33 heavy (non-hydrogen) atoms. The van der Waals surface area contributed by atoms with Crippen LogP contribution in [0, 0.1) is 5.92 Å². The summed E-state index contributed by atoms with van der Waals surface area (Å²) in [6.07, 6.45) is -4.83. The summed E-state index contributed by atoms with van der Waals surface area (Å²) in [5.41, 5.74) is 0.894. The fourth-order valence-electron chi connectivity index (χ4n) is 2.91. The Bertz CT molecular complexity index is 1110. The Labute approximate surface area is 193 Å². The number of nitrogens with zero attached hydrogens (tertiary/aromatic N) is 2. The molecule has 1 heterocycles. The van der Waals surface area contributed by atoms with E-state index in [1.54, 1.807) is 6.07 Å². The highest BCUT2D eigenvalue weighted by Gasteiger charge is 2.31. The van der Waals surface area contributed by atoms with Gasteiger partial charge in [0.15, 0.2) is 0 Å². The molecule has 3 aromatic rings. The number of halogens is 4. The minimum absolute atomic E-state index is 0.0409. The minimum Gasteiger partial charge on any atom is -0.506 e. The second-order valence-corrected chi connectivity index (χ2v) is 7.94. The molecule has 0 amide bonds. The molecule has 0 bridgehead atoms. The van der Waals surface area contributed by atoms with E-state index in [0.717, 1.165) is 0 Å². The summed E-state index contributed by atoms with van der Waals surface area (Å²) in [6, 6.07) is 10.9. The monoisotopic (exact) mass is 482 g/mol. The van der Waals surface area contributed by atoms with Gasteiger partial charge in [0.05, 0.1) is 24.0 Å². The van der Waals surface area contributed by atoms with Crippen molar-refractivity contribution in [3.8, 4) is 22.8 Å². The number of ether oxygens (including phenoxy) is 1. The third-order valence-electron chi connectivity index (χ3n) is 4.63. The molecular weight excluding hydrogens is 461 g/mol. The molecule has 0 aliphatic rings. The molecule has 2 aromatic carbocycles. The molecule has 11 heteroatoms. The molecule has 7 nitrogen and oxygen atoms in total. The van der Waals surface area contributed by atoms with Gasteiger partial charge >= 0.3 is 6.36 Å². The number of aromatic hydroxyl groups is 1.